The second-order valence-corrected chi connectivity index (χ2v) is 3.10. The molecule has 15 heavy (non-hydrogen) atoms. The zero-order valence-corrected chi connectivity index (χ0v) is 8.16. The largest absolute Gasteiger partial charge is 0.494 e. The molecule has 0 radical (unpaired) electrons. The van der Waals surface area contributed by atoms with Crippen molar-refractivity contribution in [1.29, 1.82) is 0 Å². The van der Waals surface area contributed by atoms with Gasteiger partial charge in [0.15, 0.2) is 0 Å². The fourth-order valence-electron chi connectivity index (χ4n) is 1.23. The lowest BCUT2D eigenvalue weighted by Gasteiger charge is -2.14. The van der Waals surface area contributed by atoms with Gasteiger partial charge in [-0.25, -0.2) is 0 Å². The standard InChI is InChI=1S/C10H12N2O3/c13-10(9-7-14-3-4-15-9)12-6-8-1-2-11-5-8/h1-2,5,7,11H,3-4,6H2,(H,12,13). The molecule has 0 saturated carbocycles. The van der Waals surface area contributed by atoms with Crippen LogP contribution in [0, 0.1) is 0 Å². The molecule has 1 aromatic heterocycles. The third-order valence-electron chi connectivity index (χ3n) is 1.99. The van der Waals surface area contributed by atoms with Crippen LogP contribution in [0.15, 0.2) is 30.5 Å². The van der Waals surface area contributed by atoms with Crippen LogP contribution in [0.5, 0.6) is 0 Å². The van der Waals surface area contributed by atoms with E-state index in [-0.39, 0.29) is 11.7 Å². The van der Waals surface area contributed by atoms with Crippen LogP contribution in [0.2, 0.25) is 0 Å². The fraction of sp³-hybridized carbons (Fsp3) is 0.300. The minimum Gasteiger partial charge on any atom is -0.494 e. The summed E-state index contributed by atoms with van der Waals surface area (Å²) in [4.78, 5) is 14.4. The zero-order valence-electron chi connectivity index (χ0n) is 8.16. The smallest absolute Gasteiger partial charge is 0.289 e. The number of nitrogens with one attached hydrogen (secondary N) is 2. The van der Waals surface area contributed by atoms with E-state index in [0.29, 0.717) is 19.8 Å². The van der Waals surface area contributed by atoms with Gasteiger partial charge in [-0.1, -0.05) is 0 Å². The number of carbonyl (C=O) groups excluding carboxylic acids is 1. The van der Waals surface area contributed by atoms with Crippen LogP contribution in [0.25, 0.3) is 0 Å². The Bertz CT molecular complexity index is 357. The Kier molecular flexibility index (Phi) is 2.92. The molecule has 0 saturated heterocycles. The van der Waals surface area contributed by atoms with Gasteiger partial charge in [-0.05, 0) is 11.6 Å². The summed E-state index contributed by atoms with van der Waals surface area (Å²) in [7, 11) is 0. The third-order valence-corrected chi connectivity index (χ3v) is 1.99. The average Bonchev–Trinajstić information content (AvgIpc) is 2.80. The highest BCUT2D eigenvalue weighted by Gasteiger charge is 2.14. The first-order valence-electron chi connectivity index (χ1n) is 4.71. The summed E-state index contributed by atoms with van der Waals surface area (Å²) in [6.07, 6.45) is 4.98. The van der Waals surface area contributed by atoms with Crippen molar-refractivity contribution in [3.05, 3.63) is 36.0 Å². The van der Waals surface area contributed by atoms with Crippen molar-refractivity contribution in [2.45, 2.75) is 6.54 Å². The Morgan fingerprint density at radius 3 is 3.13 bits per heavy atom. The van der Waals surface area contributed by atoms with Crippen molar-refractivity contribution >= 4 is 5.91 Å². The molecule has 0 spiro atoms. The van der Waals surface area contributed by atoms with Crippen molar-refractivity contribution in [2.75, 3.05) is 13.2 Å². The lowest BCUT2D eigenvalue weighted by Crippen LogP contribution is -2.27. The monoisotopic (exact) mass is 208 g/mol. The molecular weight excluding hydrogens is 196 g/mol. The van der Waals surface area contributed by atoms with Gasteiger partial charge >= 0.3 is 0 Å². The highest BCUT2D eigenvalue weighted by atomic mass is 16.6. The van der Waals surface area contributed by atoms with Gasteiger partial charge in [-0.15, -0.1) is 0 Å². The molecule has 2 heterocycles. The summed E-state index contributed by atoms with van der Waals surface area (Å²) in [5.74, 6) is -0.0207. The van der Waals surface area contributed by atoms with Gasteiger partial charge in [0.2, 0.25) is 5.76 Å². The van der Waals surface area contributed by atoms with E-state index in [4.69, 9.17) is 9.47 Å². The molecule has 1 aliphatic heterocycles. The SMILES string of the molecule is O=C(NCc1cc[nH]c1)C1=COCCO1. The third kappa shape index (κ3) is 2.52. The molecule has 2 N–H and O–H groups in total. The van der Waals surface area contributed by atoms with Gasteiger partial charge in [0.25, 0.3) is 5.91 Å². The van der Waals surface area contributed by atoms with Gasteiger partial charge in [0.1, 0.15) is 19.5 Å². The molecule has 2 rings (SSSR count). The maximum absolute atomic E-state index is 11.5. The highest BCUT2D eigenvalue weighted by molar-refractivity contribution is 5.91. The first kappa shape index (κ1) is 9.64. The number of aromatic amines is 1. The van der Waals surface area contributed by atoms with Gasteiger partial charge in [0, 0.05) is 18.9 Å². The predicted octanol–water partition coefficient (Wildman–Crippen LogP) is 0.519. The van der Waals surface area contributed by atoms with Gasteiger partial charge in [-0.3, -0.25) is 4.79 Å². The van der Waals surface area contributed by atoms with Crippen molar-refractivity contribution < 1.29 is 14.3 Å². The highest BCUT2D eigenvalue weighted by Crippen LogP contribution is 2.04. The number of hydrogen-bond acceptors (Lipinski definition) is 3. The number of carbonyl (C=O) groups is 1. The van der Waals surface area contributed by atoms with E-state index in [9.17, 15) is 4.79 Å². The van der Waals surface area contributed by atoms with Crippen LogP contribution in [-0.2, 0) is 20.8 Å². The molecule has 0 unspecified atom stereocenters. The van der Waals surface area contributed by atoms with E-state index < -0.39 is 0 Å². The van der Waals surface area contributed by atoms with Crippen molar-refractivity contribution in [3.8, 4) is 0 Å². The van der Waals surface area contributed by atoms with E-state index in [2.05, 4.69) is 10.3 Å². The molecule has 0 aliphatic carbocycles. The zero-order chi connectivity index (χ0) is 10.5. The van der Waals surface area contributed by atoms with Crippen molar-refractivity contribution in [2.24, 2.45) is 0 Å². The second-order valence-electron chi connectivity index (χ2n) is 3.10. The maximum Gasteiger partial charge on any atom is 0.289 e. The number of hydrogen-bond donors (Lipinski definition) is 2. The van der Waals surface area contributed by atoms with Crippen LogP contribution in [-0.4, -0.2) is 24.1 Å². The Morgan fingerprint density at radius 2 is 2.47 bits per heavy atom. The van der Waals surface area contributed by atoms with Crippen molar-refractivity contribution in [3.63, 3.8) is 0 Å². The molecule has 0 bridgehead atoms. The van der Waals surface area contributed by atoms with Crippen LogP contribution < -0.4 is 5.32 Å². The normalized spacial score (nSPS) is 14.8. The maximum atomic E-state index is 11.5. The Morgan fingerprint density at radius 1 is 1.53 bits per heavy atom. The lowest BCUT2D eigenvalue weighted by molar-refractivity contribution is -0.122. The van der Waals surface area contributed by atoms with Crippen LogP contribution >= 0.6 is 0 Å². The molecule has 0 fully saturated rings. The van der Waals surface area contributed by atoms with E-state index >= 15 is 0 Å². The molecule has 5 nitrogen and oxygen atoms in total. The number of ether oxygens (including phenoxy) is 2. The summed E-state index contributed by atoms with van der Waals surface area (Å²) in [6.45, 7) is 1.39. The molecule has 5 heteroatoms. The Labute approximate surface area is 87.1 Å². The lowest BCUT2D eigenvalue weighted by atomic mass is 10.3. The van der Waals surface area contributed by atoms with Gasteiger partial charge in [0.05, 0.1) is 0 Å². The molecule has 1 aliphatic rings. The second kappa shape index (κ2) is 4.54. The minimum atomic E-state index is -0.254. The number of amides is 1. The summed E-state index contributed by atoms with van der Waals surface area (Å²) in [5, 5.41) is 2.72. The summed E-state index contributed by atoms with van der Waals surface area (Å²) in [5.41, 5.74) is 1.01. The van der Waals surface area contributed by atoms with E-state index in [1.807, 2.05) is 12.3 Å². The van der Waals surface area contributed by atoms with E-state index in [0.717, 1.165) is 5.56 Å². The average molecular weight is 208 g/mol. The Hall–Kier alpha value is -1.91. The minimum absolute atomic E-state index is 0.233. The molecule has 1 aromatic rings. The molecule has 80 valence electrons. The number of rotatable bonds is 3. The fourth-order valence-corrected chi connectivity index (χ4v) is 1.23. The number of aromatic nitrogens is 1. The molecule has 0 aromatic carbocycles. The van der Waals surface area contributed by atoms with E-state index in [1.165, 1.54) is 6.26 Å². The molecule has 0 atom stereocenters. The topological polar surface area (TPSA) is 63.4 Å². The summed E-state index contributed by atoms with van der Waals surface area (Å²) < 4.78 is 10.1. The first-order valence-corrected chi connectivity index (χ1v) is 4.71. The first-order chi connectivity index (χ1) is 7.36. The van der Waals surface area contributed by atoms with Crippen molar-refractivity contribution in [1.82, 2.24) is 10.3 Å². The van der Waals surface area contributed by atoms with Crippen LogP contribution in [0.1, 0.15) is 5.56 Å². The van der Waals surface area contributed by atoms with Gasteiger partial charge < -0.3 is 19.8 Å². The van der Waals surface area contributed by atoms with Crippen LogP contribution in [0.3, 0.4) is 0 Å². The number of H-pyrrole nitrogens is 1. The summed E-state index contributed by atoms with van der Waals surface area (Å²) >= 11 is 0. The Balaban J connectivity index is 1.84. The molecular formula is C10H12N2O3. The molecule has 1 amide bonds. The van der Waals surface area contributed by atoms with Crippen LogP contribution in [0.4, 0.5) is 0 Å². The quantitative estimate of drug-likeness (QED) is 0.761. The predicted molar refractivity (Wildman–Crippen MR) is 52.6 cm³/mol. The van der Waals surface area contributed by atoms with Gasteiger partial charge in [-0.2, -0.15) is 0 Å². The van der Waals surface area contributed by atoms with E-state index in [1.54, 1.807) is 6.20 Å². The summed E-state index contributed by atoms with van der Waals surface area (Å²) in [6, 6.07) is 1.90.